The van der Waals surface area contributed by atoms with E-state index in [-0.39, 0.29) is 0 Å². The second-order valence-corrected chi connectivity index (χ2v) is 6.54. The van der Waals surface area contributed by atoms with Crippen molar-refractivity contribution in [3.05, 3.63) is 29.8 Å². The molecule has 4 unspecified atom stereocenters. The van der Waals surface area contributed by atoms with Crippen molar-refractivity contribution in [2.75, 3.05) is 20.2 Å². The van der Waals surface area contributed by atoms with Crippen LogP contribution in [0.5, 0.6) is 5.75 Å². The number of likely N-dealkylation sites (tertiary alicyclic amines) is 1. The molecule has 0 spiro atoms. The van der Waals surface area contributed by atoms with Gasteiger partial charge in [-0.05, 0) is 48.8 Å². The van der Waals surface area contributed by atoms with Crippen LogP contribution in [0.3, 0.4) is 0 Å². The van der Waals surface area contributed by atoms with Crippen molar-refractivity contribution in [1.29, 1.82) is 0 Å². The van der Waals surface area contributed by atoms with Crippen molar-refractivity contribution in [2.45, 2.75) is 44.2 Å². The van der Waals surface area contributed by atoms with Gasteiger partial charge in [0.1, 0.15) is 5.75 Å². The summed E-state index contributed by atoms with van der Waals surface area (Å²) in [5.41, 5.74) is 7.71. The van der Waals surface area contributed by atoms with Crippen molar-refractivity contribution < 1.29 is 4.74 Å². The number of methoxy groups -OCH3 is 1. The third kappa shape index (κ3) is 2.70. The highest BCUT2D eigenvalue weighted by molar-refractivity contribution is 5.30. The van der Waals surface area contributed by atoms with Gasteiger partial charge in [-0.3, -0.25) is 4.90 Å². The Bertz CT molecular complexity index is 445. The van der Waals surface area contributed by atoms with E-state index in [2.05, 4.69) is 36.1 Å². The number of nitrogens with zero attached hydrogens (tertiary/aromatic N) is 1. The average molecular weight is 274 g/mol. The van der Waals surface area contributed by atoms with Crippen molar-refractivity contribution in [3.63, 3.8) is 0 Å². The van der Waals surface area contributed by atoms with Gasteiger partial charge in [0.05, 0.1) is 7.11 Å². The average Bonchev–Trinajstić information content (AvgIpc) is 2.45. The predicted molar refractivity (Wildman–Crippen MR) is 82.1 cm³/mol. The molecule has 1 heterocycles. The minimum atomic E-state index is 0.309. The van der Waals surface area contributed by atoms with Crippen molar-refractivity contribution in [3.8, 4) is 5.75 Å². The van der Waals surface area contributed by atoms with Crippen LogP contribution in [0.25, 0.3) is 0 Å². The van der Waals surface area contributed by atoms with Gasteiger partial charge in [0.25, 0.3) is 0 Å². The topological polar surface area (TPSA) is 38.5 Å². The molecule has 1 aromatic carbocycles. The van der Waals surface area contributed by atoms with Gasteiger partial charge < -0.3 is 10.5 Å². The van der Waals surface area contributed by atoms with E-state index in [9.17, 15) is 0 Å². The highest BCUT2D eigenvalue weighted by Crippen LogP contribution is 2.36. The maximum Gasteiger partial charge on any atom is 0.118 e. The summed E-state index contributed by atoms with van der Waals surface area (Å²) in [6.07, 6.45) is 3.83. The predicted octanol–water partition coefficient (Wildman–Crippen LogP) is 2.61. The number of ether oxygens (including phenoxy) is 1. The summed E-state index contributed by atoms with van der Waals surface area (Å²) in [4.78, 5) is 2.64. The molecule has 4 atom stereocenters. The van der Waals surface area contributed by atoms with Crippen LogP contribution in [0.1, 0.15) is 37.7 Å². The Morgan fingerprint density at radius 2 is 1.90 bits per heavy atom. The van der Waals surface area contributed by atoms with E-state index < -0.39 is 0 Å². The largest absolute Gasteiger partial charge is 0.497 e. The first kappa shape index (κ1) is 13.9. The summed E-state index contributed by atoms with van der Waals surface area (Å²) in [6.45, 7) is 4.60. The van der Waals surface area contributed by atoms with Gasteiger partial charge in [-0.15, -0.1) is 0 Å². The number of piperidine rings is 1. The SMILES string of the molecule is COc1ccc(C2CC(N)CN(C3CCC3C)C2)cc1. The maximum absolute atomic E-state index is 6.30. The Hall–Kier alpha value is -1.06. The highest BCUT2D eigenvalue weighted by Gasteiger charge is 2.36. The lowest BCUT2D eigenvalue weighted by Crippen LogP contribution is -2.55. The van der Waals surface area contributed by atoms with Gasteiger partial charge in [-0.25, -0.2) is 0 Å². The molecule has 1 saturated heterocycles. The van der Waals surface area contributed by atoms with Crippen LogP contribution in [0.15, 0.2) is 24.3 Å². The standard InChI is InChI=1S/C17H26N2O/c1-12-3-8-17(12)19-10-14(9-15(18)11-19)13-4-6-16(20-2)7-5-13/h4-7,12,14-15,17H,3,8-11,18H2,1-2H3. The summed E-state index contributed by atoms with van der Waals surface area (Å²) >= 11 is 0. The van der Waals surface area contributed by atoms with E-state index in [0.717, 1.165) is 37.2 Å². The van der Waals surface area contributed by atoms with Crippen LogP contribution < -0.4 is 10.5 Å². The number of hydrogen-bond donors (Lipinski definition) is 1. The van der Waals surface area contributed by atoms with E-state index in [1.54, 1.807) is 7.11 Å². The summed E-state index contributed by atoms with van der Waals surface area (Å²) in [5.74, 6) is 2.34. The summed E-state index contributed by atoms with van der Waals surface area (Å²) in [5, 5.41) is 0. The third-order valence-electron chi connectivity index (χ3n) is 5.14. The first-order valence-electron chi connectivity index (χ1n) is 7.81. The molecule has 110 valence electrons. The van der Waals surface area contributed by atoms with Crippen molar-refractivity contribution in [1.82, 2.24) is 4.90 Å². The van der Waals surface area contributed by atoms with E-state index in [0.29, 0.717) is 12.0 Å². The Morgan fingerprint density at radius 3 is 2.45 bits per heavy atom. The monoisotopic (exact) mass is 274 g/mol. The van der Waals surface area contributed by atoms with Crippen molar-refractivity contribution >= 4 is 0 Å². The molecule has 1 saturated carbocycles. The van der Waals surface area contributed by atoms with E-state index in [4.69, 9.17) is 10.5 Å². The molecule has 1 aromatic rings. The number of benzene rings is 1. The van der Waals surface area contributed by atoms with Gasteiger partial charge in [-0.2, -0.15) is 0 Å². The van der Waals surface area contributed by atoms with Gasteiger partial charge >= 0.3 is 0 Å². The van der Waals surface area contributed by atoms with E-state index >= 15 is 0 Å². The van der Waals surface area contributed by atoms with Gasteiger partial charge in [0.2, 0.25) is 0 Å². The first-order chi connectivity index (χ1) is 9.67. The molecular weight excluding hydrogens is 248 g/mol. The maximum atomic E-state index is 6.30. The second-order valence-electron chi connectivity index (χ2n) is 6.54. The second kappa shape index (κ2) is 5.74. The first-order valence-corrected chi connectivity index (χ1v) is 7.81. The van der Waals surface area contributed by atoms with Gasteiger partial charge in [0, 0.05) is 25.2 Å². The van der Waals surface area contributed by atoms with Gasteiger partial charge in [-0.1, -0.05) is 19.1 Å². The molecule has 3 rings (SSSR count). The van der Waals surface area contributed by atoms with Crippen LogP contribution in [0.4, 0.5) is 0 Å². The lowest BCUT2D eigenvalue weighted by Gasteiger charge is -2.48. The smallest absolute Gasteiger partial charge is 0.118 e. The molecular formula is C17H26N2O. The number of nitrogens with two attached hydrogens (primary N) is 1. The summed E-state index contributed by atoms with van der Waals surface area (Å²) in [7, 11) is 1.71. The number of rotatable bonds is 3. The van der Waals surface area contributed by atoms with Gasteiger partial charge in [0.15, 0.2) is 0 Å². The minimum Gasteiger partial charge on any atom is -0.497 e. The lowest BCUT2D eigenvalue weighted by molar-refractivity contribution is 0.0419. The van der Waals surface area contributed by atoms with E-state index in [1.807, 2.05) is 0 Å². The van der Waals surface area contributed by atoms with Crippen LogP contribution in [0, 0.1) is 5.92 Å². The molecule has 20 heavy (non-hydrogen) atoms. The number of hydrogen-bond acceptors (Lipinski definition) is 3. The van der Waals surface area contributed by atoms with Crippen LogP contribution in [-0.4, -0.2) is 37.2 Å². The van der Waals surface area contributed by atoms with Crippen LogP contribution in [-0.2, 0) is 0 Å². The zero-order valence-electron chi connectivity index (χ0n) is 12.6. The summed E-state index contributed by atoms with van der Waals surface area (Å²) < 4.78 is 5.24. The van der Waals surface area contributed by atoms with Crippen LogP contribution in [0.2, 0.25) is 0 Å². The molecule has 2 fully saturated rings. The third-order valence-corrected chi connectivity index (χ3v) is 5.14. The summed E-state index contributed by atoms with van der Waals surface area (Å²) in [6, 6.07) is 9.59. The molecule has 3 heteroatoms. The quantitative estimate of drug-likeness (QED) is 0.921. The van der Waals surface area contributed by atoms with Crippen LogP contribution >= 0.6 is 0 Å². The van der Waals surface area contributed by atoms with Crippen molar-refractivity contribution in [2.24, 2.45) is 11.7 Å². The normalized spacial score (nSPS) is 34.5. The Kier molecular flexibility index (Phi) is 3.99. The lowest BCUT2D eigenvalue weighted by atomic mass is 9.77. The Labute approximate surface area is 122 Å². The molecule has 1 aliphatic carbocycles. The molecule has 0 aromatic heterocycles. The molecule has 2 N–H and O–H groups in total. The fourth-order valence-electron chi connectivity index (χ4n) is 3.75. The zero-order chi connectivity index (χ0) is 14.1. The highest BCUT2D eigenvalue weighted by atomic mass is 16.5. The Balaban J connectivity index is 1.71. The molecule has 1 aliphatic heterocycles. The fraction of sp³-hybridized carbons (Fsp3) is 0.647. The minimum absolute atomic E-state index is 0.309. The Morgan fingerprint density at radius 1 is 1.15 bits per heavy atom. The molecule has 0 amide bonds. The van der Waals surface area contributed by atoms with E-state index in [1.165, 1.54) is 18.4 Å². The molecule has 0 bridgehead atoms. The molecule has 3 nitrogen and oxygen atoms in total. The zero-order valence-corrected chi connectivity index (χ0v) is 12.6. The molecule has 2 aliphatic rings. The molecule has 0 radical (unpaired) electrons. The fourth-order valence-corrected chi connectivity index (χ4v) is 3.75.